The number of carboxylic acid groups (broad SMARTS) is 1. The van der Waals surface area contributed by atoms with E-state index in [-0.39, 0.29) is 26.2 Å². The Balaban J connectivity index is 1.22. The number of amides is 1. The Bertz CT molecular complexity index is 2120. The molecule has 54 heavy (non-hydrogen) atoms. The Morgan fingerprint density at radius 3 is 2.50 bits per heavy atom. The van der Waals surface area contributed by atoms with E-state index in [1.165, 1.54) is 17.2 Å². The van der Waals surface area contributed by atoms with Gasteiger partial charge >= 0.3 is 5.97 Å². The second kappa shape index (κ2) is 16.8. The second-order valence-corrected chi connectivity index (χ2v) is 14.2. The van der Waals surface area contributed by atoms with Gasteiger partial charge in [0.25, 0.3) is 5.92 Å². The number of carbonyl (C=O) groups is 2. The standard InChI is InChI=1S/C42H41ClF2N4O5/c1-27-31(12-13-40(50)49-16-14-42(44,45)26-49)7-5-9-34(27)35-10-6-8-32(28(35)2)25-54-39-19-38(53-24-30-17-29(20-46)21-47-22-30)33(18-36(39)43)23-48-15-4-3-11-37(48)41(51)52/h5-10,12-13,17-19,21-22,37H,3-4,11,14-16,23-26H2,1-2H3,(H,51,52)/b13-12+. The monoisotopic (exact) mass is 754 g/mol. The highest BCUT2D eigenvalue weighted by atomic mass is 35.5. The lowest BCUT2D eigenvalue weighted by molar-refractivity contribution is -0.144. The molecule has 2 fully saturated rings. The lowest BCUT2D eigenvalue weighted by atomic mass is 9.91. The van der Waals surface area contributed by atoms with Gasteiger partial charge in [-0.3, -0.25) is 19.5 Å². The maximum atomic E-state index is 13.7. The van der Waals surface area contributed by atoms with Crippen molar-refractivity contribution in [2.75, 3.05) is 19.6 Å². The highest BCUT2D eigenvalue weighted by molar-refractivity contribution is 6.32. The van der Waals surface area contributed by atoms with Gasteiger partial charge in [0.05, 0.1) is 17.1 Å². The number of carboxylic acids is 1. The van der Waals surface area contributed by atoms with Crippen LogP contribution >= 0.6 is 11.6 Å². The maximum absolute atomic E-state index is 13.7. The highest BCUT2D eigenvalue weighted by Crippen LogP contribution is 2.37. The van der Waals surface area contributed by atoms with Crippen molar-refractivity contribution in [2.24, 2.45) is 0 Å². The van der Waals surface area contributed by atoms with Gasteiger partial charge in [-0.1, -0.05) is 54.4 Å². The smallest absolute Gasteiger partial charge is 0.320 e. The van der Waals surface area contributed by atoms with Crippen LogP contribution in [0.4, 0.5) is 8.78 Å². The zero-order valence-electron chi connectivity index (χ0n) is 30.2. The van der Waals surface area contributed by atoms with Crippen LogP contribution in [0.25, 0.3) is 17.2 Å². The third-order valence-electron chi connectivity index (χ3n) is 10.1. The number of ether oxygens (including phenoxy) is 2. The molecule has 2 saturated heterocycles. The normalized spacial score (nSPS) is 17.0. The highest BCUT2D eigenvalue weighted by Gasteiger charge is 2.39. The summed E-state index contributed by atoms with van der Waals surface area (Å²) in [5.74, 6) is -3.27. The predicted octanol–water partition coefficient (Wildman–Crippen LogP) is 8.37. The summed E-state index contributed by atoms with van der Waals surface area (Å²) in [5.41, 5.74) is 7.40. The number of carbonyl (C=O) groups excluding carboxylic acids is 1. The van der Waals surface area contributed by atoms with E-state index in [1.807, 2.05) is 55.1 Å². The predicted molar refractivity (Wildman–Crippen MR) is 201 cm³/mol. The third-order valence-corrected chi connectivity index (χ3v) is 10.4. The van der Waals surface area contributed by atoms with Crippen molar-refractivity contribution < 1.29 is 33.0 Å². The first kappa shape index (κ1) is 38.4. The Morgan fingerprint density at radius 1 is 1.00 bits per heavy atom. The molecule has 0 radical (unpaired) electrons. The summed E-state index contributed by atoms with van der Waals surface area (Å²) in [6.45, 7) is 4.70. The number of hydrogen-bond donors (Lipinski definition) is 1. The Hall–Kier alpha value is -5.31. The number of piperidine rings is 1. The van der Waals surface area contributed by atoms with Gasteiger partial charge in [-0.25, -0.2) is 8.78 Å². The molecule has 2 aliphatic rings. The van der Waals surface area contributed by atoms with Crippen LogP contribution in [-0.2, 0) is 29.3 Å². The molecule has 0 saturated carbocycles. The molecule has 1 N–H and O–H groups in total. The van der Waals surface area contributed by atoms with Crippen LogP contribution in [0.15, 0.2) is 73.1 Å². The molecule has 3 aromatic carbocycles. The van der Waals surface area contributed by atoms with E-state index in [0.717, 1.165) is 46.2 Å². The molecular formula is C42H41ClF2N4O5. The maximum Gasteiger partial charge on any atom is 0.320 e. The number of benzene rings is 3. The average molecular weight is 755 g/mol. The molecule has 1 amide bonds. The molecule has 1 atom stereocenters. The van der Waals surface area contributed by atoms with Crippen LogP contribution in [0.1, 0.15) is 64.6 Å². The van der Waals surface area contributed by atoms with Gasteiger partial charge in [0.1, 0.15) is 36.8 Å². The number of halogens is 3. The summed E-state index contributed by atoms with van der Waals surface area (Å²) in [5, 5.41) is 19.6. The van der Waals surface area contributed by atoms with E-state index in [2.05, 4.69) is 11.1 Å². The minimum Gasteiger partial charge on any atom is -0.488 e. The van der Waals surface area contributed by atoms with E-state index in [9.17, 15) is 28.7 Å². The molecule has 0 spiro atoms. The van der Waals surface area contributed by atoms with Crippen molar-refractivity contribution in [3.05, 3.63) is 117 Å². The summed E-state index contributed by atoms with van der Waals surface area (Å²) < 4.78 is 39.9. The fourth-order valence-corrected chi connectivity index (χ4v) is 7.26. The van der Waals surface area contributed by atoms with Crippen molar-refractivity contribution in [1.29, 1.82) is 5.26 Å². The number of likely N-dealkylation sites (tertiary alicyclic amines) is 2. The Labute approximate surface area is 318 Å². The summed E-state index contributed by atoms with van der Waals surface area (Å²) >= 11 is 6.82. The number of rotatable bonds is 12. The minimum atomic E-state index is -2.85. The largest absolute Gasteiger partial charge is 0.488 e. The van der Waals surface area contributed by atoms with Gasteiger partial charge in [-0.05, 0) is 84.8 Å². The number of alkyl halides is 2. The molecule has 0 aliphatic carbocycles. The molecule has 280 valence electrons. The first-order chi connectivity index (χ1) is 25.9. The molecule has 3 heterocycles. The van der Waals surface area contributed by atoms with E-state index >= 15 is 0 Å². The molecule has 0 bridgehead atoms. The second-order valence-electron chi connectivity index (χ2n) is 13.8. The fourth-order valence-electron chi connectivity index (χ4n) is 7.02. The molecule has 9 nitrogen and oxygen atoms in total. The Morgan fingerprint density at radius 2 is 1.76 bits per heavy atom. The first-order valence-corrected chi connectivity index (χ1v) is 18.2. The van der Waals surface area contributed by atoms with Gasteiger partial charge in [0, 0.05) is 55.2 Å². The summed E-state index contributed by atoms with van der Waals surface area (Å²) in [6.07, 6.45) is 8.11. The van der Waals surface area contributed by atoms with Gasteiger partial charge in [-0.2, -0.15) is 5.26 Å². The van der Waals surface area contributed by atoms with E-state index in [0.29, 0.717) is 52.7 Å². The summed E-state index contributed by atoms with van der Waals surface area (Å²) in [7, 11) is 0. The SMILES string of the molecule is Cc1c(/C=C/C(=O)N2CCC(F)(F)C2)cccc1-c1cccc(COc2cc(OCc3cncc(C#N)c3)c(CN3CCCCC3C(=O)O)cc2Cl)c1C. The fraction of sp³-hybridized carbons (Fsp3) is 0.333. The van der Waals surface area contributed by atoms with Crippen LogP contribution in [0.2, 0.25) is 5.02 Å². The summed E-state index contributed by atoms with van der Waals surface area (Å²) in [4.78, 5) is 31.9. The number of hydrogen-bond acceptors (Lipinski definition) is 7. The average Bonchev–Trinajstić information content (AvgIpc) is 3.53. The zero-order valence-corrected chi connectivity index (χ0v) is 30.9. The van der Waals surface area contributed by atoms with Gasteiger partial charge in [0.15, 0.2) is 0 Å². The van der Waals surface area contributed by atoms with Crippen LogP contribution in [0, 0.1) is 25.2 Å². The van der Waals surface area contributed by atoms with Crippen molar-refractivity contribution in [1.82, 2.24) is 14.8 Å². The molecule has 1 aromatic heterocycles. The van der Waals surface area contributed by atoms with Gasteiger partial charge in [-0.15, -0.1) is 0 Å². The minimum absolute atomic E-state index is 0.0360. The van der Waals surface area contributed by atoms with E-state index in [1.54, 1.807) is 30.5 Å². The molecule has 2 aliphatic heterocycles. The number of aliphatic carboxylic acids is 1. The van der Waals surface area contributed by atoms with E-state index < -0.39 is 30.4 Å². The number of aromatic nitrogens is 1. The van der Waals surface area contributed by atoms with Crippen molar-refractivity contribution in [3.8, 4) is 28.7 Å². The number of nitriles is 1. The molecule has 4 aromatic rings. The van der Waals surface area contributed by atoms with E-state index in [4.69, 9.17) is 21.1 Å². The van der Waals surface area contributed by atoms with Crippen LogP contribution in [-0.4, -0.2) is 63.4 Å². The van der Waals surface area contributed by atoms with Gasteiger partial charge in [0.2, 0.25) is 5.91 Å². The summed E-state index contributed by atoms with van der Waals surface area (Å²) in [6, 6.07) is 18.4. The van der Waals surface area contributed by atoms with Gasteiger partial charge < -0.3 is 19.5 Å². The third kappa shape index (κ3) is 9.07. The topological polar surface area (TPSA) is 116 Å². The molecule has 1 unspecified atom stereocenters. The number of nitrogens with zero attached hydrogens (tertiary/aromatic N) is 4. The number of pyridine rings is 1. The molecule has 12 heteroatoms. The van der Waals surface area contributed by atoms with Crippen LogP contribution < -0.4 is 9.47 Å². The van der Waals surface area contributed by atoms with Crippen molar-refractivity contribution in [2.45, 2.75) is 71.3 Å². The lowest BCUT2D eigenvalue weighted by Crippen LogP contribution is -2.44. The Kier molecular flexibility index (Phi) is 11.9. The van der Waals surface area contributed by atoms with Crippen LogP contribution in [0.5, 0.6) is 11.5 Å². The zero-order chi connectivity index (χ0) is 38.4. The van der Waals surface area contributed by atoms with Crippen molar-refractivity contribution in [3.63, 3.8) is 0 Å². The first-order valence-electron chi connectivity index (χ1n) is 17.8. The van der Waals surface area contributed by atoms with Crippen LogP contribution in [0.3, 0.4) is 0 Å². The quantitative estimate of drug-likeness (QED) is 0.144. The molecular weight excluding hydrogens is 714 g/mol. The molecule has 6 rings (SSSR count). The van der Waals surface area contributed by atoms with Crippen molar-refractivity contribution >= 4 is 29.6 Å². The lowest BCUT2D eigenvalue weighted by Gasteiger charge is -2.33.